The van der Waals surface area contributed by atoms with Gasteiger partial charge in [0.15, 0.2) is 11.0 Å². The van der Waals surface area contributed by atoms with E-state index in [1.54, 1.807) is 12.1 Å². The molecule has 2 aromatic heterocycles. The number of nitrogen functional groups attached to an aromatic ring is 2. The maximum absolute atomic E-state index is 13.9. The van der Waals surface area contributed by atoms with Gasteiger partial charge in [-0.1, -0.05) is 11.8 Å². The van der Waals surface area contributed by atoms with Gasteiger partial charge in [0.2, 0.25) is 11.9 Å². The van der Waals surface area contributed by atoms with E-state index in [0.717, 1.165) is 17.8 Å². The molecule has 0 bridgehead atoms. The van der Waals surface area contributed by atoms with Crippen molar-refractivity contribution in [1.29, 1.82) is 0 Å². The number of halogens is 2. The van der Waals surface area contributed by atoms with Gasteiger partial charge < -0.3 is 21.4 Å². The molecule has 2 aromatic carbocycles. The van der Waals surface area contributed by atoms with Gasteiger partial charge in [0.25, 0.3) is 5.56 Å². The number of carbonyl (C=O) groups excluding carboxylic acids is 1. The number of hydrogen-bond donors (Lipinski definition) is 5. The van der Waals surface area contributed by atoms with Gasteiger partial charge in [-0.15, -0.1) is 0 Å². The van der Waals surface area contributed by atoms with E-state index >= 15 is 0 Å². The Morgan fingerprint density at radius 3 is 2.68 bits per heavy atom. The fourth-order valence-corrected chi connectivity index (χ4v) is 3.76. The van der Waals surface area contributed by atoms with Gasteiger partial charge in [-0.25, -0.2) is 18.7 Å². The number of nitrogens with one attached hydrogen (secondary N) is 3. The highest BCUT2D eigenvalue weighted by atomic mass is 32.2. The van der Waals surface area contributed by atoms with Crippen LogP contribution in [0.5, 0.6) is 0 Å². The van der Waals surface area contributed by atoms with Crippen LogP contribution in [0.25, 0.3) is 21.9 Å². The Morgan fingerprint density at radius 2 is 1.87 bits per heavy atom. The number of imidazole rings is 1. The molecule has 0 atom stereocenters. The number of anilines is 3. The molecular weight excluding hydrogens is 428 g/mol. The van der Waals surface area contributed by atoms with Crippen LogP contribution >= 0.6 is 11.8 Å². The molecule has 4 aromatic rings. The van der Waals surface area contributed by atoms with Gasteiger partial charge in [0.1, 0.15) is 11.3 Å². The smallest absolute Gasteiger partial charge is 0.259 e. The molecule has 2 heterocycles. The molecule has 1 amide bonds. The molecule has 9 nitrogen and oxygen atoms in total. The monoisotopic (exact) mass is 445 g/mol. The zero-order valence-corrected chi connectivity index (χ0v) is 16.8. The van der Waals surface area contributed by atoms with Crippen LogP contribution in [0, 0.1) is 11.6 Å². The summed E-state index contributed by atoms with van der Waals surface area (Å²) >= 11 is 1.16. The van der Waals surface area contributed by atoms with Gasteiger partial charge in [-0.2, -0.15) is 0 Å². The van der Waals surface area contributed by atoms with Crippen molar-refractivity contribution in [2.45, 2.75) is 18.0 Å². The Labute approximate surface area is 177 Å². The summed E-state index contributed by atoms with van der Waals surface area (Å²) in [6.45, 7) is 0. The van der Waals surface area contributed by atoms with Gasteiger partial charge >= 0.3 is 0 Å². The van der Waals surface area contributed by atoms with Crippen LogP contribution < -0.4 is 22.3 Å². The summed E-state index contributed by atoms with van der Waals surface area (Å²) in [7, 11) is 0. The largest absolute Gasteiger partial charge is 0.397 e. The van der Waals surface area contributed by atoms with Crippen LogP contribution in [0.4, 0.5) is 26.1 Å². The zero-order valence-electron chi connectivity index (χ0n) is 16.0. The molecular formula is C19H17F2N7O2S. The lowest BCUT2D eigenvalue weighted by atomic mass is 10.2. The summed E-state index contributed by atoms with van der Waals surface area (Å²) in [4.78, 5) is 37.9. The van der Waals surface area contributed by atoms with Gasteiger partial charge in [0, 0.05) is 18.2 Å². The maximum atomic E-state index is 13.9. The molecule has 0 fully saturated rings. The van der Waals surface area contributed by atoms with E-state index in [1.165, 1.54) is 0 Å². The highest BCUT2D eigenvalue weighted by molar-refractivity contribution is 7.99. The highest BCUT2D eigenvalue weighted by Gasteiger charge is 2.12. The normalized spacial score (nSPS) is 11.3. The molecule has 0 saturated heterocycles. The second kappa shape index (κ2) is 8.22. The Hall–Kier alpha value is -3.67. The van der Waals surface area contributed by atoms with Crippen molar-refractivity contribution in [2.24, 2.45) is 0 Å². The molecule has 0 spiro atoms. The van der Waals surface area contributed by atoms with E-state index in [-0.39, 0.29) is 34.3 Å². The minimum Gasteiger partial charge on any atom is -0.397 e. The average molecular weight is 445 g/mol. The first-order chi connectivity index (χ1) is 14.8. The van der Waals surface area contributed by atoms with Crippen molar-refractivity contribution in [3.05, 3.63) is 46.3 Å². The van der Waals surface area contributed by atoms with Gasteiger partial charge in [0.05, 0.1) is 27.8 Å². The Kier molecular flexibility index (Phi) is 5.46. The predicted octanol–water partition coefficient (Wildman–Crippen LogP) is 2.75. The predicted molar refractivity (Wildman–Crippen MR) is 116 cm³/mol. The second-order valence-corrected chi connectivity index (χ2v) is 7.82. The summed E-state index contributed by atoms with van der Waals surface area (Å²) < 4.78 is 27.2. The molecule has 160 valence electrons. The second-order valence-electron chi connectivity index (χ2n) is 6.74. The molecule has 0 aliphatic rings. The first kappa shape index (κ1) is 20.6. The van der Waals surface area contributed by atoms with Crippen LogP contribution in [0.1, 0.15) is 12.8 Å². The van der Waals surface area contributed by atoms with E-state index in [1.807, 2.05) is 0 Å². The highest BCUT2D eigenvalue weighted by Crippen LogP contribution is 2.23. The molecule has 31 heavy (non-hydrogen) atoms. The number of benzene rings is 2. The molecule has 0 unspecified atom stereocenters. The average Bonchev–Trinajstić information content (AvgIpc) is 3.07. The van der Waals surface area contributed by atoms with Crippen molar-refractivity contribution in [3.63, 3.8) is 0 Å². The van der Waals surface area contributed by atoms with Gasteiger partial charge in [-0.05, 0) is 24.6 Å². The fraction of sp³-hybridized carbons (Fsp3) is 0.158. The van der Waals surface area contributed by atoms with Crippen molar-refractivity contribution in [1.82, 2.24) is 19.9 Å². The van der Waals surface area contributed by atoms with Crippen LogP contribution in [-0.4, -0.2) is 31.6 Å². The first-order valence-electron chi connectivity index (χ1n) is 9.16. The summed E-state index contributed by atoms with van der Waals surface area (Å²) in [6, 6.07) is 4.86. The standard InChI is InChI=1S/C19H17F2N7O2S/c20-8-4-9-16(10(21)5-8)27-19(28-17(9)30)31-3-1-2-15(29)26-18-24-13-6-11(22)12(23)7-14(13)25-18/h4-7H,1-3,22-23H2,(H,27,28,30)(H2,24,25,26,29). The fourth-order valence-electron chi connectivity index (χ4n) is 2.96. The minimum atomic E-state index is -0.906. The zero-order chi connectivity index (χ0) is 22.1. The Bertz CT molecular complexity index is 1330. The summed E-state index contributed by atoms with van der Waals surface area (Å²) in [6.07, 6.45) is 0.649. The third-order valence-corrected chi connectivity index (χ3v) is 5.40. The van der Waals surface area contributed by atoms with Crippen molar-refractivity contribution < 1.29 is 13.6 Å². The van der Waals surface area contributed by atoms with Crippen LogP contribution in [0.3, 0.4) is 0 Å². The number of aromatic nitrogens is 4. The van der Waals surface area contributed by atoms with E-state index in [4.69, 9.17) is 11.5 Å². The van der Waals surface area contributed by atoms with E-state index in [2.05, 4.69) is 25.3 Å². The summed E-state index contributed by atoms with van der Waals surface area (Å²) in [5.74, 6) is -1.29. The molecule has 0 aliphatic carbocycles. The SMILES string of the molecule is Nc1cc2nc(NC(=O)CCCSc3nc4c(F)cc(F)cc4c(=O)[nH]3)[nH]c2cc1N. The number of carbonyl (C=O) groups is 1. The van der Waals surface area contributed by atoms with E-state index in [0.29, 0.717) is 40.6 Å². The number of rotatable bonds is 6. The topological polar surface area (TPSA) is 156 Å². The van der Waals surface area contributed by atoms with E-state index < -0.39 is 17.2 Å². The summed E-state index contributed by atoms with van der Waals surface area (Å²) in [5, 5.41) is 2.69. The quantitative estimate of drug-likeness (QED) is 0.132. The third kappa shape index (κ3) is 4.43. The summed E-state index contributed by atoms with van der Waals surface area (Å²) in [5.41, 5.74) is 12.7. The van der Waals surface area contributed by atoms with Crippen LogP contribution in [0.15, 0.2) is 34.2 Å². The van der Waals surface area contributed by atoms with E-state index in [9.17, 15) is 18.4 Å². The first-order valence-corrected chi connectivity index (χ1v) is 10.1. The van der Waals surface area contributed by atoms with Crippen LogP contribution in [-0.2, 0) is 4.79 Å². The Morgan fingerprint density at radius 1 is 1.10 bits per heavy atom. The van der Waals surface area contributed by atoms with Crippen molar-refractivity contribution in [3.8, 4) is 0 Å². The number of H-pyrrole nitrogens is 2. The Balaban J connectivity index is 1.33. The van der Waals surface area contributed by atoms with Crippen molar-refractivity contribution in [2.75, 3.05) is 22.5 Å². The third-order valence-electron chi connectivity index (χ3n) is 4.44. The number of nitrogens with two attached hydrogens (primary N) is 2. The van der Waals surface area contributed by atoms with Crippen LogP contribution in [0.2, 0.25) is 0 Å². The number of aromatic amines is 2. The maximum Gasteiger partial charge on any atom is 0.259 e. The lowest BCUT2D eigenvalue weighted by Crippen LogP contribution is -2.13. The minimum absolute atomic E-state index is 0.157. The number of nitrogens with zero attached hydrogens (tertiary/aromatic N) is 2. The number of amides is 1. The number of fused-ring (bicyclic) bond motifs is 2. The molecule has 0 saturated carbocycles. The molecule has 0 radical (unpaired) electrons. The molecule has 4 rings (SSSR count). The lowest BCUT2D eigenvalue weighted by molar-refractivity contribution is -0.116. The van der Waals surface area contributed by atoms with Crippen molar-refractivity contribution >= 4 is 56.9 Å². The number of hydrogen-bond acceptors (Lipinski definition) is 7. The van der Waals surface area contributed by atoms with Gasteiger partial charge in [-0.3, -0.25) is 14.9 Å². The number of thioether (sulfide) groups is 1. The molecule has 7 N–H and O–H groups in total. The lowest BCUT2D eigenvalue weighted by Gasteiger charge is -2.04. The molecule has 0 aliphatic heterocycles. The molecule has 12 heteroatoms.